The van der Waals surface area contributed by atoms with E-state index in [9.17, 15) is 45.6 Å². The number of aliphatic hydroxyl groups excluding tert-OH is 8. The van der Waals surface area contributed by atoms with Gasteiger partial charge in [-0.2, -0.15) is 0 Å². The zero-order valence-electron chi connectivity index (χ0n) is 53.1. The van der Waals surface area contributed by atoms with Crippen molar-refractivity contribution in [2.45, 2.75) is 357 Å². The maximum Gasteiger partial charge on any atom is 0.220 e. The Labute approximate surface area is 511 Å². The van der Waals surface area contributed by atoms with Gasteiger partial charge >= 0.3 is 0 Å². The van der Waals surface area contributed by atoms with Gasteiger partial charge in [-0.05, 0) is 77.0 Å². The summed E-state index contributed by atoms with van der Waals surface area (Å²) in [5, 5.41) is 87.1. The van der Waals surface area contributed by atoms with Crippen molar-refractivity contribution in [3.05, 3.63) is 60.8 Å². The van der Waals surface area contributed by atoms with Crippen LogP contribution in [0.5, 0.6) is 0 Å². The third kappa shape index (κ3) is 38.9. The van der Waals surface area contributed by atoms with E-state index >= 15 is 0 Å². The lowest BCUT2D eigenvalue weighted by molar-refractivity contribution is -0.359. The molecule has 2 heterocycles. The van der Waals surface area contributed by atoms with Crippen LogP contribution in [0.1, 0.15) is 284 Å². The van der Waals surface area contributed by atoms with Gasteiger partial charge in [0.1, 0.15) is 48.8 Å². The van der Waals surface area contributed by atoms with Crippen molar-refractivity contribution >= 4 is 5.91 Å². The Morgan fingerprint density at radius 2 is 0.798 bits per heavy atom. The summed E-state index contributed by atoms with van der Waals surface area (Å²) in [4.78, 5) is 13.3. The molecular weight excluding hydrogens is 1060 g/mol. The molecule has 1 amide bonds. The van der Waals surface area contributed by atoms with Gasteiger partial charge in [-0.3, -0.25) is 4.79 Å². The summed E-state index contributed by atoms with van der Waals surface area (Å²) in [6.07, 6.45) is 56.0. The molecule has 0 bridgehead atoms. The number of allylic oxidation sites excluding steroid dienone is 9. The molecule has 2 aliphatic rings. The third-order valence-electron chi connectivity index (χ3n) is 16.7. The maximum absolute atomic E-state index is 13.3. The lowest BCUT2D eigenvalue weighted by Crippen LogP contribution is -2.65. The van der Waals surface area contributed by atoms with Gasteiger partial charge in [0.15, 0.2) is 12.6 Å². The maximum atomic E-state index is 13.3. The molecule has 14 heteroatoms. The van der Waals surface area contributed by atoms with Gasteiger partial charge in [0.2, 0.25) is 5.91 Å². The van der Waals surface area contributed by atoms with E-state index in [0.717, 1.165) is 51.4 Å². The fraction of sp³-hybridized carbons (Fsp3) is 0.843. The molecule has 14 nitrogen and oxygen atoms in total. The van der Waals surface area contributed by atoms with Crippen LogP contribution in [0.2, 0.25) is 0 Å². The summed E-state index contributed by atoms with van der Waals surface area (Å²) in [5.41, 5.74) is 0. The Morgan fingerprint density at radius 1 is 0.429 bits per heavy atom. The van der Waals surface area contributed by atoms with Crippen LogP contribution >= 0.6 is 0 Å². The monoisotopic (exact) mass is 1190 g/mol. The molecule has 84 heavy (non-hydrogen) atoms. The predicted molar refractivity (Wildman–Crippen MR) is 341 cm³/mol. The summed E-state index contributed by atoms with van der Waals surface area (Å²) in [6, 6.07) is -0.937. The Bertz CT molecular complexity index is 1640. The first kappa shape index (κ1) is 77.8. The van der Waals surface area contributed by atoms with Gasteiger partial charge in [0, 0.05) is 6.42 Å². The molecule has 12 unspecified atom stereocenters. The summed E-state index contributed by atoms with van der Waals surface area (Å²) < 4.78 is 22.8. The number of hydrogen-bond donors (Lipinski definition) is 9. The molecule has 0 aromatic rings. The van der Waals surface area contributed by atoms with Crippen LogP contribution in [0.4, 0.5) is 0 Å². The number of carbonyl (C=O) groups excluding carboxylic acids is 1. The van der Waals surface area contributed by atoms with Crippen molar-refractivity contribution in [2.24, 2.45) is 0 Å². The average molecular weight is 1190 g/mol. The van der Waals surface area contributed by atoms with Crippen molar-refractivity contribution in [1.29, 1.82) is 0 Å². The molecule has 490 valence electrons. The van der Waals surface area contributed by atoms with Crippen LogP contribution in [-0.4, -0.2) is 140 Å². The zero-order valence-corrected chi connectivity index (χ0v) is 53.1. The molecule has 0 aromatic carbocycles. The Hall–Kier alpha value is -2.31. The molecule has 0 spiro atoms. The van der Waals surface area contributed by atoms with Crippen LogP contribution in [0.15, 0.2) is 60.8 Å². The van der Waals surface area contributed by atoms with Crippen molar-refractivity contribution in [1.82, 2.24) is 5.32 Å². The highest BCUT2D eigenvalue weighted by atomic mass is 16.7. The molecule has 2 rings (SSSR count). The molecule has 12 atom stereocenters. The van der Waals surface area contributed by atoms with E-state index in [1.54, 1.807) is 6.08 Å². The number of nitrogens with one attached hydrogen (secondary N) is 1. The minimum Gasteiger partial charge on any atom is -0.394 e. The van der Waals surface area contributed by atoms with Gasteiger partial charge < -0.3 is 65.1 Å². The molecule has 0 saturated carbocycles. The molecule has 9 N–H and O–H groups in total. The fourth-order valence-corrected chi connectivity index (χ4v) is 11.1. The molecule has 2 aliphatic heterocycles. The number of carbonyl (C=O) groups is 1. The molecule has 0 radical (unpaired) electrons. The van der Waals surface area contributed by atoms with Crippen molar-refractivity contribution in [2.75, 3.05) is 19.8 Å². The zero-order chi connectivity index (χ0) is 60.9. The predicted octanol–water partition coefficient (Wildman–Crippen LogP) is 13.7. The summed E-state index contributed by atoms with van der Waals surface area (Å²) in [6.45, 7) is 2.74. The first-order valence-electron chi connectivity index (χ1n) is 34.5. The number of hydrogen-bond acceptors (Lipinski definition) is 13. The topological polar surface area (TPSA) is 228 Å². The van der Waals surface area contributed by atoms with Crippen LogP contribution in [-0.2, 0) is 23.7 Å². The van der Waals surface area contributed by atoms with Crippen LogP contribution in [0.3, 0.4) is 0 Å². The van der Waals surface area contributed by atoms with Crippen LogP contribution < -0.4 is 5.32 Å². The first-order chi connectivity index (χ1) is 41.1. The summed E-state index contributed by atoms with van der Waals surface area (Å²) in [5.74, 6) is -0.251. The Morgan fingerprint density at radius 3 is 1.26 bits per heavy atom. The lowest BCUT2D eigenvalue weighted by Gasteiger charge is -2.46. The minimum atomic E-state index is -1.79. The highest BCUT2D eigenvalue weighted by Crippen LogP contribution is 2.30. The van der Waals surface area contributed by atoms with E-state index in [4.69, 9.17) is 18.9 Å². The van der Waals surface area contributed by atoms with Gasteiger partial charge in [0.25, 0.3) is 0 Å². The van der Waals surface area contributed by atoms with E-state index in [0.29, 0.717) is 12.8 Å². The second-order valence-corrected chi connectivity index (χ2v) is 24.3. The quantitative estimate of drug-likeness (QED) is 0.0204. The smallest absolute Gasteiger partial charge is 0.220 e. The molecule has 2 saturated heterocycles. The van der Waals surface area contributed by atoms with Crippen LogP contribution in [0.25, 0.3) is 0 Å². The number of amides is 1. The minimum absolute atomic E-state index is 0.251. The largest absolute Gasteiger partial charge is 0.394 e. The van der Waals surface area contributed by atoms with Crippen molar-refractivity contribution < 1.29 is 64.6 Å². The van der Waals surface area contributed by atoms with Gasteiger partial charge in [0.05, 0.1) is 32.0 Å². The molecule has 0 aromatic heterocycles. The van der Waals surface area contributed by atoms with E-state index in [2.05, 4.69) is 67.8 Å². The summed E-state index contributed by atoms with van der Waals surface area (Å²) >= 11 is 0. The van der Waals surface area contributed by atoms with E-state index in [-0.39, 0.29) is 18.9 Å². The van der Waals surface area contributed by atoms with Crippen molar-refractivity contribution in [3.8, 4) is 0 Å². The van der Waals surface area contributed by atoms with Crippen LogP contribution in [0, 0.1) is 0 Å². The van der Waals surface area contributed by atoms with Gasteiger partial charge in [-0.1, -0.05) is 261 Å². The number of rotatable bonds is 56. The second-order valence-electron chi connectivity index (χ2n) is 24.3. The number of aliphatic hydroxyl groups is 8. The lowest BCUT2D eigenvalue weighted by atomic mass is 9.97. The van der Waals surface area contributed by atoms with Gasteiger partial charge in [-0.15, -0.1) is 0 Å². The highest BCUT2D eigenvalue weighted by molar-refractivity contribution is 5.76. The fourth-order valence-electron chi connectivity index (χ4n) is 11.1. The Kier molecular flexibility index (Phi) is 50.8. The highest BCUT2D eigenvalue weighted by Gasteiger charge is 2.51. The number of ether oxygens (including phenoxy) is 4. The average Bonchev–Trinajstić information content (AvgIpc) is 3.52. The van der Waals surface area contributed by atoms with E-state index < -0.39 is 86.8 Å². The summed E-state index contributed by atoms with van der Waals surface area (Å²) in [7, 11) is 0. The Balaban J connectivity index is 1.58. The third-order valence-corrected chi connectivity index (χ3v) is 16.7. The molecule has 0 aliphatic carbocycles. The van der Waals surface area contributed by atoms with E-state index in [1.165, 1.54) is 199 Å². The van der Waals surface area contributed by atoms with Crippen molar-refractivity contribution in [3.63, 3.8) is 0 Å². The van der Waals surface area contributed by atoms with E-state index in [1.807, 2.05) is 6.08 Å². The van der Waals surface area contributed by atoms with Gasteiger partial charge in [-0.25, -0.2) is 0 Å². The normalized spacial score (nSPS) is 24.0. The molecular formula is C70H127NO13. The SMILES string of the molecule is CCCCC/C=C/CC/C=C/CC/C=C/C(O)C(COC1OC(CO)C(OC2OC(CO)C(O)C(O)C2O)C(O)C1O)NC(=O)CCCCCCCCCCCCCCCCCCCCCCCCCCC/C=C\C/C=C\CCCCCCC. The standard InChI is InChI=1S/C70H127NO13/c1-3-5-7-9-11-13-15-17-18-19-20-21-22-23-24-25-26-27-28-29-30-31-32-33-34-35-36-37-38-39-40-42-44-46-48-50-52-54-62(75)71-58(59(74)53-51-49-47-45-43-41-16-14-12-10-8-6-4-2)57-81-69-67(80)65(78)68(61(56-73)83-69)84-70-66(79)64(77)63(76)60(55-72)82-70/h12,14-15,17,19-20,43,45,51,53,58-61,63-70,72-74,76-80H,3-11,13,16,18,21-42,44,46-50,52,54-57H2,1-2H3,(H,71,75)/b14-12+,17-15-,20-19-,45-43+,53-51+. The second kappa shape index (κ2) is 54.8. The number of unbranched alkanes of at least 4 members (excludes halogenated alkanes) is 35. The molecule has 2 fully saturated rings. The first-order valence-corrected chi connectivity index (χ1v) is 34.5.